The first-order chi connectivity index (χ1) is 26.6. The van der Waals surface area contributed by atoms with Crippen molar-refractivity contribution in [2.75, 3.05) is 22.9 Å². The van der Waals surface area contributed by atoms with E-state index >= 15 is 0 Å². The Hall–Kier alpha value is -5.51. The predicted molar refractivity (Wildman–Crippen MR) is 230 cm³/mol. The number of hydrogen-bond acceptors (Lipinski definition) is 4. The molecule has 8 rings (SSSR count). The molecule has 0 aromatic heterocycles. The first kappa shape index (κ1) is 36.5. The van der Waals surface area contributed by atoms with Gasteiger partial charge >= 0.3 is 334 Å². The fourth-order valence-corrected chi connectivity index (χ4v) is 11.5. The van der Waals surface area contributed by atoms with E-state index in [2.05, 4.69) is 149 Å². The molecule has 0 unspecified atom stereocenters. The van der Waals surface area contributed by atoms with Gasteiger partial charge < -0.3 is 0 Å². The van der Waals surface area contributed by atoms with E-state index in [1.165, 1.54) is 75.5 Å². The van der Waals surface area contributed by atoms with Crippen LogP contribution in [-0.2, 0) is 16.2 Å². The van der Waals surface area contributed by atoms with E-state index in [1.54, 1.807) is 6.07 Å². The minimum atomic E-state index is -0.559. The van der Waals surface area contributed by atoms with Gasteiger partial charge in [0.1, 0.15) is 0 Å². The van der Waals surface area contributed by atoms with E-state index in [4.69, 9.17) is 4.99 Å². The molecule has 5 heteroatoms. The van der Waals surface area contributed by atoms with E-state index in [0.717, 1.165) is 41.0 Å². The number of fused-ring (bicyclic) bond motifs is 1. The van der Waals surface area contributed by atoms with Gasteiger partial charge in [-0.15, -0.1) is 0 Å². The van der Waals surface area contributed by atoms with Crippen LogP contribution < -0.4 is 9.80 Å². The van der Waals surface area contributed by atoms with E-state index in [0.29, 0.717) is 0 Å². The number of aryl methyl sites for hydroxylation is 7. The number of allylic oxidation sites excluding steroid dienone is 1. The molecule has 4 nitrogen and oxygen atoms in total. The molecule has 0 radical (unpaired) electrons. The van der Waals surface area contributed by atoms with Crippen molar-refractivity contribution in [1.82, 2.24) is 0 Å². The quantitative estimate of drug-likeness (QED) is 0.135. The molecule has 55 heavy (non-hydrogen) atoms. The van der Waals surface area contributed by atoms with Crippen LogP contribution in [0.4, 0.5) is 17.1 Å². The molecule has 1 aliphatic heterocycles. The number of aromatic hydroxyl groups is 1. The predicted octanol–water partition coefficient (Wildman–Crippen LogP) is 11.0. The van der Waals surface area contributed by atoms with E-state index in [9.17, 15) is 5.11 Å². The van der Waals surface area contributed by atoms with Crippen molar-refractivity contribution in [3.05, 3.63) is 188 Å². The van der Waals surface area contributed by atoms with Crippen molar-refractivity contribution < 1.29 is 21.3 Å². The van der Waals surface area contributed by atoms with Crippen LogP contribution in [0.15, 0.2) is 126 Å². The van der Waals surface area contributed by atoms with Crippen molar-refractivity contribution in [3.63, 3.8) is 0 Å². The molecule has 0 bridgehead atoms. The van der Waals surface area contributed by atoms with E-state index in [1.807, 2.05) is 30.5 Å². The van der Waals surface area contributed by atoms with Crippen LogP contribution in [0.25, 0.3) is 11.1 Å². The summed E-state index contributed by atoms with van der Waals surface area (Å²) in [6.45, 7) is 17.3. The zero-order chi connectivity index (χ0) is 38.4. The molecule has 1 fully saturated rings. The summed E-state index contributed by atoms with van der Waals surface area (Å²) in [6, 6.07) is 43.0. The average molecular weight is 807 g/mol. The number of rotatable bonds is 6. The molecular weight excluding hydrogens is 760 g/mol. The third kappa shape index (κ3) is 6.76. The number of anilines is 2. The van der Waals surface area contributed by atoms with Gasteiger partial charge in [-0.2, -0.15) is 0 Å². The number of hydrogen-bond donors (Lipinski definition) is 1. The standard InChI is InChI=1S/C29H21NO.C21H26N2.Ru/c1-20-10-5-8-16-27(20)30-19-26-24(15-9-17-28(26)31)25-18-22-13-6-7-14-23(22)29(25)21-11-3-2-4-12-21;1-14-9-16(3)20(17(4)10-14)22-7-8-23(13-22)21-18(5)11-15(2)12-19(21)6;/h2-17,19,31H,1H3;9-12H,7-8H2,1-6H3;. The summed E-state index contributed by atoms with van der Waals surface area (Å²) in [4.78, 5) is 10.2. The molecule has 6 aromatic rings. The zero-order valence-electron chi connectivity index (χ0n) is 32.7. The third-order valence-corrected chi connectivity index (χ3v) is 13.4. The van der Waals surface area contributed by atoms with Crippen LogP contribution >= 0.6 is 0 Å². The van der Waals surface area contributed by atoms with Gasteiger partial charge in [-0.3, -0.25) is 0 Å². The van der Waals surface area contributed by atoms with Gasteiger partial charge in [0, 0.05) is 0 Å². The fraction of sp³-hybridized carbons (Fsp3) is 0.180. The van der Waals surface area contributed by atoms with Gasteiger partial charge in [-0.25, -0.2) is 0 Å². The summed E-state index contributed by atoms with van der Waals surface area (Å²) in [5.74, 6) is 0.217. The van der Waals surface area contributed by atoms with Crippen LogP contribution in [0.2, 0.25) is 0 Å². The number of para-hydroxylation sites is 1. The Morgan fingerprint density at radius 3 is 1.67 bits per heavy atom. The SMILES string of the molecule is Cc1cc(C)c(N2CCN(c3c(C)cc(C)cc3C)[C]2=[Ru]=[C]2C(c3cccc(O)c3C=Nc3ccccc3C)=C(c3ccccc3)c3ccccc32)c(C)c1. The molecule has 0 amide bonds. The molecule has 2 aliphatic rings. The van der Waals surface area contributed by atoms with Crippen molar-refractivity contribution in [1.29, 1.82) is 0 Å². The van der Waals surface area contributed by atoms with Gasteiger partial charge in [-0.05, 0) is 0 Å². The summed E-state index contributed by atoms with van der Waals surface area (Å²) >= 11 is -0.559. The van der Waals surface area contributed by atoms with Crippen LogP contribution in [0.3, 0.4) is 0 Å². The summed E-state index contributed by atoms with van der Waals surface area (Å²) in [6.07, 6.45) is 1.86. The molecule has 1 aliphatic carbocycles. The van der Waals surface area contributed by atoms with E-state index in [-0.39, 0.29) is 5.75 Å². The molecule has 0 atom stereocenters. The zero-order valence-corrected chi connectivity index (χ0v) is 34.4. The van der Waals surface area contributed by atoms with Crippen molar-refractivity contribution in [3.8, 4) is 5.75 Å². The number of phenolic OH excluding ortho intramolecular Hbond substituents is 1. The van der Waals surface area contributed by atoms with Crippen molar-refractivity contribution in [2.24, 2.45) is 4.99 Å². The van der Waals surface area contributed by atoms with E-state index < -0.39 is 16.2 Å². The van der Waals surface area contributed by atoms with Crippen molar-refractivity contribution in [2.45, 2.75) is 48.5 Å². The molecule has 0 saturated carbocycles. The van der Waals surface area contributed by atoms with Crippen LogP contribution in [0.5, 0.6) is 5.75 Å². The Kier molecular flexibility index (Phi) is 9.92. The Labute approximate surface area is 332 Å². The maximum atomic E-state index is 11.7. The summed E-state index contributed by atoms with van der Waals surface area (Å²) in [5, 5.41) is 11.7. The monoisotopic (exact) mass is 807 g/mol. The Bertz CT molecular complexity index is 2510. The van der Waals surface area contributed by atoms with Gasteiger partial charge in [0.15, 0.2) is 0 Å². The first-order valence-corrected chi connectivity index (χ1v) is 20.7. The second-order valence-corrected chi connectivity index (χ2v) is 17.0. The minimum absolute atomic E-state index is 0.217. The Morgan fingerprint density at radius 2 is 1.07 bits per heavy atom. The summed E-state index contributed by atoms with van der Waals surface area (Å²) in [7, 11) is 0. The molecule has 6 aromatic carbocycles. The second-order valence-electron chi connectivity index (χ2n) is 14.9. The number of aliphatic imine (C=N–C) groups is 1. The number of phenols is 1. The van der Waals surface area contributed by atoms with Crippen molar-refractivity contribution >= 4 is 42.9 Å². The molecule has 1 N–H and O–H groups in total. The maximum absolute atomic E-state index is 11.7. The molecule has 1 heterocycles. The van der Waals surface area contributed by atoms with Gasteiger partial charge in [0.25, 0.3) is 0 Å². The normalized spacial score (nSPS) is 14.2. The van der Waals surface area contributed by atoms with Gasteiger partial charge in [0.2, 0.25) is 0 Å². The molecule has 276 valence electrons. The van der Waals surface area contributed by atoms with Gasteiger partial charge in [-0.1, -0.05) is 0 Å². The van der Waals surface area contributed by atoms with Crippen LogP contribution in [-0.4, -0.2) is 32.9 Å². The molecule has 0 spiro atoms. The Balaban J connectivity index is 1.49. The Morgan fingerprint density at radius 1 is 0.545 bits per heavy atom. The first-order valence-electron chi connectivity index (χ1n) is 19.0. The van der Waals surface area contributed by atoms with Gasteiger partial charge in [0.05, 0.1) is 0 Å². The summed E-state index contributed by atoms with van der Waals surface area (Å²) < 4.78 is 2.68. The topological polar surface area (TPSA) is 39.1 Å². The number of benzene rings is 6. The average Bonchev–Trinajstić information content (AvgIpc) is 3.70. The summed E-state index contributed by atoms with van der Waals surface area (Å²) in [5.41, 5.74) is 20.1. The molecule has 1 saturated heterocycles. The van der Waals surface area contributed by atoms with Crippen LogP contribution in [0.1, 0.15) is 66.8 Å². The molecular formula is C50H47N3ORu. The second kappa shape index (κ2) is 15.0. The number of nitrogens with zero attached hydrogens (tertiary/aromatic N) is 3. The third-order valence-electron chi connectivity index (χ3n) is 10.7. The fourth-order valence-electron chi connectivity index (χ4n) is 8.56. The van der Waals surface area contributed by atoms with Crippen LogP contribution in [0, 0.1) is 48.5 Å².